The van der Waals surface area contributed by atoms with E-state index in [1.54, 1.807) is 12.3 Å². The van der Waals surface area contributed by atoms with Crippen molar-refractivity contribution < 1.29 is 0 Å². The number of nitrogens with zero attached hydrogens (tertiary/aromatic N) is 3. The molecule has 3 N–H and O–H groups in total. The topological polar surface area (TPSA) is 67.1 Å². The molecule has 0 aliphatic carbocycles. The van der Waals surface area contributed by atoms with Crippen molar-refractivity contribution in [1.29, 1.82) is 0 Å². The van der Waals surface area contributed by atoms with Crippen molar-refractivity contribution in [1.82, 2.24) is 14.9 Å². The van der Waals surface area contributed by atoms with Crippen LogP contribution in [0.25, 0.3) is 0 Å². The zero-order valence-electron chi connectivity index (χ0n) is 9.89. The molecule has 1 atom stereocenters. The van der Waals surface area contributed by atoms with Gasteiger partial charge in [-0.15, -0.1) is 0 Å². The lowest BCUT2D eigenvalue weighted by atomic mass is 10.2. The van der Waals surface area contributed by atoms with Gasteiger partial charge in [0.15, 0.2) is 0 Å². The van der Waals surface area contributed by atoms with Crippen LogP contribution in [-0.2, 0) is 0 Å². The van der Waals surface area contributed by atoms with E-state index < -0.39 is 0 Å². The van der Waals surface area contributed by atoms with Crippen LogP contribution in [-0.4, -0.2) is 46.0 Å². The number of hydrogen-bond donors (Lipinski definition) is 2. The highest BCUT2D eigenvalue weighted by molar-refractivity contribution is 7.80. The molecule has 1 aliphatic heterocycles. The average Bonchev–Trinajstić information content (AvgIpc) is 2.72. The van der Waals surface area contributed by atoms with Gasteiger partial charge in [-0.05, 0) is 32.5 Å². The van der Waals surface area contributed by atoms with Crippen LogP contribution in [0.1, 0.15) is 18.5 Å². The van der Waals surface area contributed by atoms with Crippen molar-refractivity contribution in [3.8, 4) is 0 Å². The van der Waals surface area contributed by atoms with E-state index in [1.165, 1.54) is 19.4 Å². The lowest BCUT2D eigenvalue weighted by molar-refractivity contribution is 0.322. The van der Waals surface area contributed by atoms with Crippen molar-refractivity contribution in [2.45, 2.75) is 18.9 Å². The largest absolute Gasteiger partial charge is 0.388 e. The molecule has 17 heavy (non-hydrogen) atoms. The number of likely N-dealkylation sites (N-methyl/N-ethyl adjacent to an activating group) is 1. The second-order valence-electron chi connectivity index (χ2n) is 4.29. The van der Waals surface area contributed by atoms with Crippen LogP contribution in [0.4, 0.5) is 5.95 Å². The molecule has 92 valence electrons. The lowest BCUT2D eigenvalue weighted by Crippen LogP contribution is -2.32. The fourth-order valence-electron chi connectivity index (χ4n) is 2.03. The molecule has 1 aromatic heterocycles. The van der Waals surface area contributed by atoms with Crippen LogP contribution >= 0.6 is 12.2 Å². The highest BCUT2D eigenvalue weighted by atomic mass is 32.1. The number of likely N-dealkylation sites (tertiary alicyclic amines) is 1. The Balaban J connectivity index is 1.94. The maximum absolute atomic E-state index is 5.53. The second-order valence-corrected chi connectivity index (χ2v) is 4.73. The normalized spacial score (nSPS) is 20.4. The molecule has 1 unspecified atom stereocenters. The van der Waals surface area contributed by atoms with E-state index in [4.69, 9.17) is 18.0 Å². The first-order valence-electron chi connectivity index (χ1n) is 5.74. The first-order valence-corrected chi connectivity index (χ1v) is 6.14. The Morgan fingerprint density at radius 1 is 1.71 bits per heavy atom. The number of hydrogen-bond acceptors (Lipinski definition) is 5. The van der Waals surface area contributed by atoms with Crippen molar-refractivity contribution in [2.75, 3.05) is 25.5 Å². The van der Waals surface area contributed by atoms with Crippen molar-refractivity contribution in [3.05, 3.63) is 18.0 Å². The minimum atomic E-state index is 0.299. The number of anilines is 1. The van der Waals surface area contributed by atoms with E-state index in [0.29, 0.717) is 22.7 Å². The Morgan fingerprint density at radius 3 is 3.18 bits per heavy atom. The van der Waals surface area contributed by atoms with E-state index in [9.17, 15) is 0 Å². The fourth-order valence-corrected chi connectivity index (χ4v) is 2.14. The molecule has 0 bridgehead atoms. The Kier molecular flexibility index (Phi) is 3.86. The Bertz CT molecular complexity index is 409. The van der Waals surface area contributed by atoms with Gasteiger partial charge in [-0.1, -0.05) is 12.2 Å². The minimum Gasteiger partial charge on any atom is -0.388 e. The van der Waals surface area contributed by atoms with Gasteiger partial charge in [-0.3, -0.25) is 0 Å². The zero-order valence-corrected chi connectivity index (χ0v) is 10.7. The lowest BCUT2D eigenvalue weighted by Gasteiger charge is -2.19. The summed E-state index contributed by atoms with van der Waals surface area (Å²) >= 11 is 4.88. The summed E-state index contributed by atoms with van der Waals surface area (Å²) < 4.78 is 0. The number of aromatic nitrogens is 2. The monoisotopic (exact) mass is 251 g/mol. The Hall–Kier alpha value is -1.27. The summed E-state index contributed by atoms with van der Waals surface area (Å²) in [7, 11) is 2.14. The third kappa shape index (κ3) is 3.10. The molecule has 1 fully saturated rings. The Labute approximate surface area is 106 Å². The molecule has 0 aromatic carbocycles. The van der Waals surface area contributed by atoms with Crippen LogP contribution in [0.3, 0.4) is 0 Å². The van der Waals surface area contributed by atoms with Crippen LogP contribution in [0.5, 0.6) is 0 Å². The SMILES string of the molecule is CN1CCCC1CNc1nccc(C(N)=S)n1. The number of thiocarbonyl (C=S) groups is 1. The van der Waals surface area contributed by atoms with E-state index in [0.717, 1.165) is 6.54 Å². The molecule has 0 radical (unpaired) electrons. The standard InChI is InChI=1S/C11H17N5S/c1-16-6-2-3-8(16)7-14-11-13-5-4-9(15-11)10(12)17/h4-5,8H,2-3,6-7H2,1H3,(H2,12,17)(H,13,14,15). The quantitative estimate of drug-likeness (QED) is 0.765. The summed E-state index contributed by atoms with van der Waals surface area (Å²) in [5.74, 6) is 0.593. The number of nitrogens with two attached hydrogens (primary N) is 1. The highest BCUT2D eigenvalue weighted by Gasteiger charge is 2.20. The van der Waals surface area contributed by atoms with Crippen LogP contribution < -0.4 is 11.1 Å². The summed E-state index contributed by atoms with van der Waals surface area (Å²) in [6.07, 6.45) is 4.15. The molecule has 0 saturated carbocycles. The molecule has 6 heteroatoms. The van der Waals surface area contributed by atoms with Crippen LogP contribution in [0.15, 0.2) is 12.3 Å². The van der Waals surface area contributed by atoms with Crippen LogP contribution in [0, 0.1) is 0 Å². The summed E-state index contributed by atoms with van der Waals surface area (Å²) in [4.78, 5) is 11.1. The molecule has 2 heterocycles. The fraction of sp³-hybridized carbons (Fsp3) is 0.545. The first kappa shape index (κ1) is 12.2. The molecule has 1 aliphatic rings. The zero-order chi connectivity index (χ0) is 12.3. The summed E-state index contributed by atoms with van der Waals surface area (Å²) in [6.45, 7) is 2.03. The van der Waals surface area contributed by atoms with Gasteiger partial charge >= 0.3 is 0 Å². The molecular formula is C11H17N5S. The van der Waals surface area contributed by atoms with Gasteiger partial charge in [0.2, 0.25) is 5.95 Å². The minimum absolute atomic E-state index is 0.299. The molecule has 0 amide bonds. The summed E-state index contributed by atoms with van der Waals surface area (Å²) in [5.41, 5.74) is 6.14. The third-order valence-electron chi connectivity index (χ3n) is 3.08. The first-order chi connectivity index (χ1) is 8.16. The molecule has 2 rings (SSSR count). The van der Waals surface area contributed by atoms with Gasteiger partial charge in [-0.2, -0.15) is 0 Å². The number of nitrogens with one attached hydrogen (secondary N) is 1. The van der Waals surface area contributed by atoms with Crippen molar-refractivity contribution >= 4 is 23.2 Å². The second kappa shape index (κ2) is 5.37. The van der Waals surface area contributed by atoms with E-state index in [1.807, 2.05) is 0 Å². The van der Waals surface area contributed by atoms with E-state index >= 15 is 0 Å². The molecule has 0 spiro atoms. The Morgan fingerprint density at radius 2 is 2.53 bits per heavy atom. The van der Waals surface area contributed by atoms with Crippen LogP contribution in [0.2, 0.25) is 0 Å². The molecular weight excluding hydrogens is 234 g/mol. The average molecular weight is 251 g/mol. The molecule has 1 aromatic rings. The maximum atomic E-state index is 5.53. The van der Waals surface area contributed by atoms with Crippen molar-refractivity contribution in [3.63, 3.8) is 0 Å². The highest BCUT2D eigenvalue weighted by Crippen LogP contribution is 2.14. The van der Waals surface area contributed by atoms with Gasteiger partial charge in [-0.25, -0.2) is 9.97 Å². The smallest absolute Gasteiger partial charge is 0.223 e. The third-order valence-corrected chi connectivity index (χ3v) is 3.28. The molecule has 5 nitrogen and oxygen atoms in total. The molecule has 1 saturated heterocycles. The van der Waals surface area contributed by atoms with Gasteiger partial charge in [0.25, 0.3) is 0 Å². The van der Waals surface area contributed by atoms with Gasteiger partial charge in [0, 0.05) is 18.8 Å². The van der Waals surface area contributed by atoms with Gasteiger partial charge in [0.1, 0.15) is 10.7 Å². The maximum Gasteiger partial charge on any atom is 0.223 e. The van der Waals surface area contributed by atoms with Gasteiger partial charge in [0.05, 0.1) is 0 Å². The predicted molar refractivity (Wildman–Crippen MR) is 72.1 cm³/mol. The summed E-state index contributed by atoms with van der Waals surface area (Å²) in [5, 5.41) is 3.23. The van der Waals surface area contributed by atoms with Crippen molar-refractivity contribution in [2.24, 2.45) is 5.73 Å². The van der Waals surface area contributed by atoms with E-state index in [-0.39, 0.29) is 0 Å². The van der Waals surface area contributed by atoms with Gasteiger partial charge < -0.3 is 16.0 Å². The summed E-state index contributed by atoms with van der Waals surface area (Å²) in [6, 6.07) is 2.28. The number of rotatable bonds is 4. The van der Waals surface area contributed by atoms with E-state index in [2.05, 4.69) is 27.2 Å². The predicted octanol–water partition coefficient (Wildman–Crippen LogP) is 0.617.